The largest absolute Gasteiger partial charge is 0.497 e. The van der Waals surface area contributed by atoms with Gasteiger partial charge in [-0.25, -0.2) is 9.97 Å². The number of rotatable bonds is 4. The first kappa shape index (κ1) is 16.2. The number of pyridine rings is 1. The minimum absolute atomic E-state index is 0.171. The van der Waals surface area contributed by atoms with E-state index in [9.17, 15) is 4.79 Å². The van der Waals surface area contributed by atoms with Crippen LogP contribution in [0.15, 0.2) is 66.9 Å². The molecular weight excluding hydrogens is 346 g/mol. The molecule has 0 saturated carbocycles. The fourth-order valence-corrected chi connectivity index (χ4v) is 3.47. The van der Waals surface area contributed by atoms with Crippen LogP contribution in [0, 0.1) is 0 Å². The fourth-order valence-electron chi connectivity index (χ4n) is 2.57. The van der Waals surface area contributed by atoms with E-state index in [0.29, 0.717) is 11.3 Å². The van der Waals surface area contributed by atoms with Crippen molar-refractivity contribution in [2.75, 3.05) is 12.4 Å². The number of fused-ring (bicyclic) bond motifs is 1. The van der Waals surface area contributed by atoms with Crippen LogP contribution in [-0.4, -0.2) is 23.0 Å². The van der Waals surface area contributed by atoms with Gasteiger partial charge in [-0.15, -0.1) is 0 Å². The Bertz CT molecular complexity index is 1040. The molecule has 1 N–H and O–H groups in total. The Balaban J connectivity index is 1.57. The van der Waals surface area contributed by atoms with Gasteiger partial charge in [0.2, 0.25) is 0 Å². The van der Waals surface area contributed by atoms with Gasteiger partial charge in [0.15, 0.2) is 0 Å². The lowest BCUT2D eigenvalue weighted by Gasteiger charge is -2.07. The lowest BCUT2D eigenvalue weighted by Crippen LogP contribution is -2.11. The molecule has 2 aromatic carbocycles. The molecule has 0 saturated heterocycles. The summed E-state index contributed by atoms with van der Waals surface area (Å²) in [5.41, 5.74) is 3.11. The average molecular weight is 361 g/mol. The van der Waals surface area contributed by atoms with E-state index in [1.807, 2.05) is 36.4 Å². The van der Waals surface area contributed by atoms with Crippen LogP contribution < -0.4 is 10.1 Å². The highest BCUT2D eigenvalue weighted by Gasteiger charge is 2.10. The van der Waals surface area contributed by atoms with E-state index in [1.54, 1.807) is 37.6 Å². The van der Waals surface area contributed by atoms with Gasteiger partial charge in [0.1, 0.15) is 21.1 Å². The van der Waals surface area contributed by atoms with E-state index in [4.69, 9.17) is 4.74 Å². The maximum atomic E-state index is 12.4. The van der Waals surface area contributed by atoms with Gasteiger partial charge in [-0.05, 0) is 48.5 Å². The quantitative estimate of drug-likeness (QED) is 0.576. The summed E-state index contributed by atoms with van der Waals surface area (Å²) in [5, 5.41) is 3.80. The van der Waals surface area contributed by atoms with Gasteiger partial charge in [-0.3, -0.25) is 4.79 Å². The third-order valence-electron chi connectivity index (χ3n) is 3.89. The Morgan fingerprint density at radius 2 is 1.92 bits per heavy atom. The summed E-state index contributed by atoms with van der Waals surface area (Å²) in [6, 6.07) is 18.5. The number of thiazole rings is 1. The standard InChI is InChI=1S/C20H15N3O2S/c1-25-16-9-7-13(8-10-16)18(24)22-15-5-2-4-14(12-15)19-23-17-6-3-11-21-20(17)26-19/h2-12H,1H3,(H,22,24). The van der Waals surface area contributed by atoms with Crippen LogP contribution in [0.1, 0.15) is 10.4 Å². The number of anilines is 1. The molecular formula is C20H15N3O2S. The van der Waals surface area contributed by atoms with Crippen molar-refractivity contribution in [1.82, 2.24) is 9.97 Å². The number of amides is 1. The smallest absolute Gasteiger partial charge is 0.255 e. The van der Waals surface area contributed by atoms with E-state index in [-0.39, 0.29) is 5.91 Å². The van der Waals surface area contributed by atoms with E-state index >= 15 is 0 Å². The monoisotopic (exact) mass is 361 g/mol. The Morgan fingerprint density at radius 1 is 1.08 bits per heavy atom. The first-order valence-electron chi connectivity index (χ1n) is 8.00. The molecule has 0 radical (unpaired) electrons. The predicted octanol–water partition coefficient (Wildman–Crippen LogP) is 4.62. The maximum absolute atomic E-state index is 12.4. The van der Waals surface area contributed by atoms with E-state index in [2.05, 4.69) is 15.3 Å². The highest BCUT2D eigenvalue weighted by atomic mass is 32.1. The molecule has 26 heavy (non-hydrogen) atoms. The van der Waals surface area contributed by atoms with E-state index < -0.39 is 0 Å². The molecule has 0 atom stereocenters. The van der Waals surface area contributed by atoms with Crippen LogP contribution in [0.4, 0.5) is 5.69 Å². The molecule has 0 spiro atoms. The lowest BCUT2D eigenvalue weighted by atomic mass is 10.1. The molecule has 4 rings (SSSR count). The molecule has 1 amide bonds. The van der Waals surface area contributed by atoms with Gasteiger partial charge in [0.25, 0.3) is 5.91 Å². The summed E-state index contributed by atoms with van der Waals surface area (Å²) >= 11 is 1.53. The summed E-state index contributed by atoms with van der Waals surface area (Å²) in [4.78, 5) is 22.3. The molecule has 0 bridgehead atoms. The van der Waals surface area contributed by atoms with Crippen molar-refractivity contribution in [3.05, 3.63) is 72.4 Å². The molecule has 0 aliphatic rings. The summed E-state index contributed by atoms with van der Waals surface area (Å²) in [6.07, 6.45) is 1.76. The van der Waals surface area contributed by atoms with Crippen LogP contribution in [0.3, 0.4) is 0 Å². The van der Waals surface area contributed by atoms with Crippen LogP contribution in [0.25, 0.3) is 20.9 Å². The Kier molecular flexibility index (Phi) is 4.33. The molecule has 0 aliphatic carbocycles. The summed E-state index contributed by atoms with van der Waals surface area (Å²) in [7, 11) is 1.60. The van der Waals surface area contributed by atoms with Crippen molar-refractivity contribution in [1.29, 1.82) is 0 Å². The molecule has 5 nitrogen and oxygen atoms in total. The second kappa shape index (κ2) is 6.93. The first-order chi connectivity index (χ1) is 12.7. The highest BCUT2D eigenvalue weighted by molar-refractivity contribution is 7.21. The zero-order chi connectivity index (χ0) is 17.9. The number of benzene rings is 2. The molecule has 0 fully saturated rings. The van der Waals surface area contributed by atoms with Crippen LogP contribution in [0.2, 0.25) is 0 Å². The zero-order valence-corrected chi connectivity index (χ0v) is 14.8. The van der Waals surface area contributed by atoms with Crippen LogP contribution >= 0.6 is 11.3 Å². The minimum atomic E-state index is -0.171. The van der Waals surface area contributed by atoms with Gasteiger partial charge in [-0.2, -0.15) is 0 Å². The van der Waals surface area contributed by atoms with Crippen LogP contribution in [-0.2, 0) is 0 Å². The van der Waals surface area contributed by atoms with E-state index in [1.165, 1.54) is 11.3 Å². The van der Waals surface area contributed by atoms with Crippen molar-refractivity contribution in [3.63, 3.8) is 0 Å². The molecule has 128 valence electrons. The number of methoxy groups -OCH3 is 1. The van der Waals surface area contributed by atoms with Crippen molar-refractivity contribution in [2.24, 2.45) is 0 Å². The van der Waals surface area contributed by atoms with Crippen LogP contribution in [0.5, 0.6) is 5.75 Å². The van der Waals surface area contributed by atoms with Gasteiger partial charge < -0.3 is 10.1 Å². The third kappa shape index (κ3) is 3.27. The number of carbonyl (C=O) groups is 1. The van der Waals surface area contributed by atoms with Crippen molar-refractivity contribution >= 4 is 33.3 Å². The molecule has 6 heteroatoms. The number of nitrogens with zero attached hydrogens (tertiary/aromatic N) is 2. The van der Waals surface area contributed by atoms with Crippen molar-refractivity contribution < 1.29 is 9.53 Å². The van der Waals surface area contributed by atoms with Crippen molar-refractivity contribution in [2.45, 2.75) is 0 Å². The van der Waals surface area contributed by atoms with E-state index in [0.717, 1.165) is 26.6 Å². The molecule has 0 aliphatic heterocycles. The summed E-state index contributed by atoms with van der Waals surface area (Å²) < 4.78 is 5.11. The summed E-state index contributed by atoms with van der Waals surface area (Å²) in [6.45, 7) is 0. The minimum Gasteiger partial charge on any atom is -0.497 e. The number of hydrogen-bond donors (Lipinski definition) is 1. The Labute approximate surface area is 154 Å². The number of ether oxygens (including phenoxy) is 1. The number of aromatic nitrogens is 2. The Hall–Kier alpha value is -3.25. The zero-order valence-electron chi connectivity index (χ0n) is 14.0. The number of carbonyl (C=O) groups excluding carboxylic acids is 1. The SMILES string of the molecule is COc1ccc(C(=O)Nc2cccc(-c3nc4cccnc4s3)c2)cc1. The summed E-state index contributed by atoms with van der Waals surface area (Å²) in [5.74, 6) is 0.545. The molecule has 2 aromatic heterocycles. The molecule has 2 heterocycles. The maximum Gasteiger partial charge on any atom is 0.255 e. The third-order valence-corrected chi connectivity index (χ3v) is 4.91. The van der Waals surface area contributed by atoms with Gasteiger partial charge in [0.05, 0.1) is 7.11 Å². The predicted molar refractivity (Wildman–Crippen MR) is 104 cm³/mol. The second-order valence-electron chi connectivity index (χ2n) is 5.61. The lowest BCUT2D eigenvalue weighted by molar-refractivity contribution is 0.102. The number of hydrogen-bond acceptors (Lipinski definition) is 5. The van der Waals surface area contributed by atoms with Gasteiger partial charge in [0, 0.05) is 23.0 Å². The first-order valence-corrected chi connectivity index (χ1v) is 8.82. The highest BCUT2D eigenvalue weighted by Crippen LogP contribution is 2.30. The molecule has 4 aromatic rings. The molecule has 0 unspecified atom stereocenters. The normalized spacial score (nSPS) is 10.7. The average Bonchev–Trinajstić information content (AvgIpc) is 3.12. The van der Waals surface area contributed by atoms with Gasteiger partial charge >= 0.3 is 0 Å². The number of nitrogens with one attached hydrogen (secondary N) is 1. The van der Waals surface area contributed by atoms with Gasteiger partial charge in [-0.1, -0.05) is 23.5 Å². The fraction of sp³-hybridized carbons (Fsp3) is 0.0500. The second-order valence-corrected chi connectivity index (χ2v) is 6.59. The topological polar surface area (TPSA) is 64.1 Å². The van der Waals surface area contributed by atoms with Crippen molar-refractivity contribution in [3.8, 4) is 16.3 Å². The Morgan fingerprint density at radius 3 is 2.69 bits per heavy atom.